The molecule has 0 aromatic heterocycles. The molecular weight excluding hydrogens is 923 g/mol. The van der Waals surface area contributed by atoms with Crippen LogP contribution in [0.15, 0.2) is 12.2 Å². The molecule has 0 aliphatic heterocycles. The summed E-state index contributed by atoms with van der Waals surface area (Å²) in [6.07, 6.45) is 79.8. The quantitative estimate of drug-likeness (QED) is 0.0320. The molecule has 0 saturated heterocycles. The maximum atomic E-state index is 12.5. The van der Waals surface area contributed by atoms with Gasteiger partial charge in [-0.3, -0.25) is 9.59 Å². The first-order valence-electron chi connectivity index (χ1n) is 34.4. The number of aliphatic hydroxyl groups is 2. The van der Waals surface area contributed by atoms with Crippen molar-refractivity contribution >= 4 is 11.9 Å². The van der Waals surface area contributed by atoms with E-state index in [0.29, 0.717) is 25.9 Å². The van der Waals surface area contributed by atoms with Crippen LogP contribution < -0.4 is 5.32 Å². The lowest BCUT2D eigenvalue weighted by molar-refractivity contribution is -0.143. The van der Waals surface area contributed by atoms with Gasteiger partial charge < -0.3 is 20.3 Å². The average molecular weight is 1060 g/mol. The second-order valence-electron chi connectivity index (χ2n) is 23.9. The third-order valence-electron chi connectivity index (χ3n) is 16.3. The van der Waals surface area contributed by atoms with Crippen molar-refractivity contribution in [3.8, 4) is 0 Å². The van der Waals surface area contributed by atoms with Crippen LogP contribution in [0.5, 0.6) is 0 Å². The molecular formula is C69H135NO5. The third kappa shape index (κ3) is 61.7. The second-order valence-corrected chi connectivity index (χ2v) is 23.9. The van der Waals surface area contributed by atoms with Crippen LogP contribution in [0, 0.1) is 0 Å². The van der Waals surface area contributed by atoms with Gasteiger partial charge in [0.1, 0.15) is 0 Å². The van der Waals surface area contributed by atoms with E-state index in [2.05, 4.69) is 31.3 Å². The van der Waals surface area contributed by atoms with Gasteiger partial charge in [-0.2, -0.15) is 0 Å². The normalized spacial score (nSPS) is 12.5. The molecule has 2 unspecified atom stereocenters. The molecule has 3 N–H and O–H groups in total. The van der Waals surface area contributed by atoms with E-state index in [0.717, 1.165) is 38.5 Å². The van der Waals surface area contributed by atoms with Gasteiger partial charge in [-0.25, -0.2) is 0 Å². The number of aliphatic hydroxyl groups excluding tert-OH is 2. The monoisotopic (exact) mass is 1060 g/mol. The van der Waals surface area contributed by atoms with E-state index < -0.39 is 12.1 Å². The van der Waals surface area contributed by atoms with Gasteiger partial charge in [-0.15, -0.1) is 0 Å². The molecule has 0 aromatic rings. The smallest absolute Gasteiger partial charge is 0.305 e. The Kier molecular flexibility index (Phi) is 63.9. The van der Waals surface area contributed by atoms with Crippen LogP contribution in [0.2, 0.25) is 0 Å². The number of carbonyl (C=O) groups is 2. The first-order valence-corrected chi connectivity index (χ1v) is 34.4. The molecule has 2 atom stereocenters. The van der Waals surface area contributed by atoms with Crippen LogP contribution in [0.4, 0.5) is 0 Å². The van der Waals surface area contributed by atoms with Gasteiger partial charge in [0.15, 0.2) is 0 Å². The van der Waals surface area contributed by atoms with Crippen LogP contribution in [0.1, 0.15) is 393 Å². The van der Waals surface area contributed by atoms with Crippen molar-refractivity contribution in [3.63, 3.8) is 0 Å². The summed E-state index contributed by atoms with van der Waals surface area (Å²) in [6.45, 7) is 4.98. The highest BCUT2D eigenvalue weighted by Crippen LogP contribution is 2.19. The molecule has 6 heteroatoms. The lowest BCUT2D eigenvalue weighted by Gasteiger charge is -2.22. The van der Waals surface area contributed by atoms with Crippen LogP contribution in [0.3, 0.4) is 0 Å². The summed E-state index contributed by atoms with van der Waals surface area (Å²) in [7, 11) is 0. The number of hydrogen-bond acceptors (Lipinski definition) is 5. The minimum absolute atomic E-state index is 0.0209. The molecule has 0 fully saturated rings. The Balaban J connectivity index is 3.32. The fourth-order valence-corrected chi connectivity index (χ4v) is 11.1. The molecule has 0 rings (SSSR count). The Morgan fingerprint density at radius 2 is 0.627 bits per heavy atom. The van der Waals surface area contributed by atoms with E-state index in [1.54, 1.807) is 0 Å². The molecule has 0 heterocycles. The van der Waals surface area contributed by atoms with E-state index in [4.69, 9.17) is 4.74 Å². The standard InChI is InChI=1S/C69H135NO5/c1-3-5-7-9-11-13-15-38-43-47-51-55-59-63-69(74)75-64-60-56-52-48-44-40-37-35-33-31-29-27-25-23-21-19-17-18-20-22-24-26-28-30-32-34-36-39-42-46-50-54-58-62-68(73)70-66(65-71)67(72)61-57-53-49-45-41-16-14-12-10-8-6-4-2/h21,23,66-67,71-72H,3-20,22,24-65H2,1-2H3,(H,70,73)/b23-21-. The minimum atomic E-state index is -0.660. The zero-order valence-electron chi connectivity index (χ0n) is 51.1. The topological polar surface area (TPSA) is 95.9 Å². The average Bonchev–Trinajstić information content (AvgIpc) is 3.41. The van der Waals surface area contributed by atoms with Gasteiger partial charge >= 0.3 is 5.97 Å². The Hall–Kier alpha value is -1.40. The number of esters is 1. The molecule has 0 spiro atoms. The largest absolute Gasteiger partial charge is 0.466 e. The number of rotatable bonds is 65. The molecule has 0 aromatic carbocycles. The van der Waals surface area contributed by atoms with Crippen molar-refractivity contribution in [2.75, 3.05) is 13.2 Å². The molecule has 75 heavy (non-hydrogen) atoms. The van der Waals surface area contributed by atoms with Crippen LogP contribution in [-0.4, -0.2) is 47.4 Å². The molecule has 6 nitrogen and oxygen atoms in total. The van der Waals surface area contributed by atoms with Crippen molar-refractivity contribution in [1.82, 2.24) is 5.32 Å². The first kappa shape index (κ1) is 73.6. The molecule has 0 saturated carbocycles. The first-order chi connectivity index (χ1) is 37.0. The highest BCUT2D eigenvalue weighted by atomic mass is 16.5. The molecule has 0 aliphatic rings. The molecule has 1 amide bonds. The van der Waals surface area contributed by atoms with Gasteiger partial charge in [0.25, 0.3) is 0 Å². The van der Waals surface area contributed by atoms with Crippen molar-refractivity contribution in [1.29, 1.82) is 0 Å². The second kappa shape index (κ2) is 65.1. The minimum Gasteiger partial charge on any atom is -0.466 e. The number of carbonyl (C=O) groups excluding carboxylic acids is 2. The fraction of sp³-hybridized carbons (Fsp3) is 0.942. The molecule has 0 radical (unpaired) electrons. The predicted octanol–water partition coefficient (Wildman–Crippen LogP) is 22.0. The lowest BCUT2D eigenvalue weighted by Crippen LogP contribution is -2.45. The summed E-state index contributed by atoms with van der Waals surface area (Å²) in [5.74, 6) is -0.00917. The number of unbranched alkanes of at least 4 members (excludes halogenated alkanes) is 52. The Bertz CT molecular complexity index is 1130. The van der Waals surface area contributed by atoms with E-state index in [-0.39, 0.29) is 18.5 Å². The highest BCUT2D eigenvalue weighted by Gasteiger charge is 2.20. The summed E-state index contributed by atoms with van der Waals surface area (Å²) in [5.41, 5.74) is 0. The number of allylic oxidation sites excluding steroid dienone is 2. The van der Waals surface area contributed by atoms with Gasteiger partial charge in [-0.1, -0.05) is 341 Å². The van der Waals surface area contributed by atoms with Gasteiger partial charge in [0.2, 0.25) is 5.91 Å². The highest BCUT2D eigenvalue weighted by molar-refractivity contribution is 5.76. The maximum Gasteiger partial charge on any atom is 0.305 e. The van der Waals surface area contributed by atoms with Crippen molar-refractivity contribution in [3.05, 3.63) is 12.2 Å². The van der Waals surface area contributed by atoms with Crippen molar-refractivity contribution in [2.45, 2.75) is 405 Å². The predicted molar refractivity (Wildman–Crippen MR) is 329 cm³/mol. The summed E-state index contributed by atoms with van der Waals surface area (Å²) in [5, 5.41) is 23.3. The number of ether oxygens (including phenoxy) is 1. The van der Waals surface area contributed by atoms with Crippen LogP contribution >= 0.6 is 0 Å². The summed E-state index contributed by atoms with van der Waals surface area (Å²) >= 11 is 0. The fourth-order valence-electron chi connectivity index (χ4n) is 11.1. The number of nitrogens with one attached hydrogen (secondary N) is 1. The summed E-state index contributed by atoms with van der Waals surface area (Å²) in [6, 6.07) is -0.537. The zero-order chi connectivity index (χ0) is 54.3. The van der Waals surface area contributed by atoms with Crippen molar-refractivity contribution < 1.29 is 24.5 Å². The Morgan fingerprint density at radius 1 is 0.360 bits per heavy atom. The van der Waals surface area contributed by atoms with E-state index >= 15 is 0 Å². The number of hydrogen-bond donors (Lipinski definition) is 3. The van der Waals surface area contributed by atoms with Gasteiger partial charge in [-0.05, 0) is 51.4 Å². The lowest BCUT2D eigenvalue weighted by atomic mass is 10.0. The maximum absolute atomic E-state index is 12.5. The van der Waals surface area contributed by atoms with Gasteiger partial charge in [0, 0.05) is 12.8 Å². The van der Waals surface area contributed by atoms with E-state index in [1.165, 1.54) is 321 Å². The Labute approximate surface area is 469 Å². The summed E-state index contributed by atoms with van der Waals surface area (Å²) < 4.78 is 5.49. The third-order valence-corrected chi connectivity index (χ3v) is 16.3. The SMILES string of the molecule is CCCCCCCCCCCCCCCC(=O)OCCCCCCCCCCCCCC/C=C\CCCCCCCCCCCCCCCCCCCC(=O)NC(CO)C(O)CCCCCCCCCCCCCC. The van der Waals surface area contributed by atoms with Gasteiger partial charge in [0.05, 0.1) is 25.4 Å². The molecule has 0 bridgehead atoms. The molecule has 0 aliphatic carbocycles. The van der Waals surface area contributed by atoms with Crippen LogP contribution in [-0.2, 0) is 14.3 Å². The van der Waals surface area contributed by atoms with Crippen molar-refractivity contribution in [2.24, 2.45) is 0 Å². The summed E-state index contributed by atoms with van der Waals surface area (Å²) in [4.78, 5) is 24.5. The Morgan fingerprint density at radius 3 is 0.947 bits per heavy atom. The van der Waals surface area contributed by atoms with Crippen LogP contribution in [0.25, 0.3) is 0 Å². The zero-order valence-corrected chi connectivity index (χ0v) is 51.1. The van der Waals surface area contributed by atoms with E-state index in [9.17, 15) is 19.8 Å². The number of amides is 1. The molecule has 446 valence electrons. The van der Waals surface area contributed by atoms with E-state index in [1.807, 2.05) is 0 Å².